The van der Waals surface area contributed by atoms with Gasteiger partial charge in [0.15, 0.2) is 0 Å². The molecule has 116 valence electrons. The van der Waals surface area contributed by atoms with E-state index in [1.54, 1.807) is 25.1 Å². The number of aryl methyl sites for hydroxylation is 1. The van der Waals surface area contributed by atoms with E-state index in [0.29, 0.717) is 16.9 Å². The highest BCUT2D eigenvalue weighted by Gasteiger charge is 2.14. The molecular formula is C16H12BrN3O3. The van der Waals surface area contributed by atoms with Crippen molar-refractivity contribution in [3.8, 4) is 0 Å². The molecule has 0 saturated heterocycles. The van der Waals surface area contributed by atoms with Crippen molar-refractivity contribution in [3.05, 3.63) is 68.3 Å². The van der Waals surface area contributed by atoms with Crippen molar-refractivity contribution in [3.63, 3.8) is 0 Å². The van der Waals surface area contributed by atoms with Crippen LogP contribution in [0.15, 0.2) is 46.9 Å². The average molecular weight is 374 g/mol. The Balaban J connectivity index is 1.88. The minimum absolute atomic E-state index is 0.0247. The zero-order chi connectivity index (χ0) is 16.6. The maximum Gasteiger partial charge on any atom is 0.274 e. The van der Waals surface area contributed by atoms with Crippen LogP contribution in [-0.2, 0) is 0 Å². The van der Waals surface area contributed by atoms with E-state index < -0.39 is 4.92 Å². The van der Waals surface area contributed by atoms with Crippen LogP contribution in [0.2, 0.25) is 0 Å². The van der Waals surface area contributed by atoms with Gasteiger partial charge in [-0.25, -0.2) is 0 Å². The Morgan fingerprint density at radius 3 is 2.74 bits per heavy atom. The molecule has 0 bridgehead atoms. The molecule has 0 unspecified atom stereocenters. The number of benzene rings is 2. The maximum atomic E-state index is 12.3. The third-order valence-corrected chi connectivity index (χ3v) is 3.99. The lowest BCUT2D eigenvalue weighted by Crippen LogP contribution is -2.12. The molecule has 3 rings (SSSR count). The first-order valence-corrected chi connectivity index (χ1v) is 7.58. The lowest BCUT2D eigenvalue weighted by Gasteiger charge is -2.05. The largest absolute Gasteiger partial charge is 0.350 e. The summed E-state index contributed by atoms with van der Waals surface area (Å²) in [5, 5.41) is 14.5. The van der Waals surface area contributed by atoms with Crippen molar-refractivity contribution in [2.75, 3.05) is 5.32 Å². The van der Waals surface area contributed by atoms with Gasteiger partial charge in [0, 0.05) is 32.7 Å². The van der Waals surface area contributed by atoms with E-state index in [0.717, 1.165) is 15.4 Å². The number of rotatable bonds is 3. The summed E-state index contributed by atoms with van der Waals surface area (Å²) in [7, 11) is 0. The molecule has 3 aromatic rings. The Kier molecular flexibility index (Phi) is 3.87. The molecule has 0 atom stereocenters. The Bertz CT molecular complexity index is 933. The molecule has 1 heterocycles. The number of amides is 1. The second-order valence-corrected chi connectivity index (χ2v) is 6.04. The number of nitrogens with one attached hydrogen (secondary N) is 2. The van der Waals surface area contributed by atoms with E-state index in [1.165, 1.54) is 6.07 Å². The summed E-state index contributed by atoms with van der Waals surface area (Å²) in [5.74, 6) is -0.351. The Hall–Kier alpha value is -2.67. The first-order chi connectivity index (χ1) is 10.9. The van der Waals surface area contributed by atoms with Gasteiger partial charge in [0.25, 0.3) is 11.6 Å². The summed E-state index contributed by atoms with van der Waals surface area (Å²) in [6, 6.07) is 12.0. The van der Waals surface area contributed by atoms with Crippen LogP contribution in [0.5, 0.6) is 0 Å². The molecular weight excluding hydrogens is 362 g/mol. The van der Waals surface area contributed by atoms with Crippen LogP contribution in [0, 0.1) is 17.0 Å². The summed E-state index contributed by atoms with van der Waals surface area (Å²) in [6.45, 7) is 1.65. The van der Waals surface area contributed by atoms with Crippen LogP contribution in [-0.4, -0.2) is 15.8 Å². The van der Waals surface area contributed by atoms with Crippen LogP contribution in [0.1, 0.15) is 16.1 Å². The Morgan fingerprint density at radius 2 is 2.00 bits per heavy atom. The predicted molar refractivity (Wildman–Crippen MR) is 91.8 cm³/mol. The molecule has 0 radical (unpaired) electrons. The van der Waals surface area contributed by atoms with E-state index in [-0.39, 0.29) is 11.6 Å². The molecule has 7 heteroatoms. The predicted octanol–water partition coefficient (Wildman–Crippen LogP) is 4.40. The Morgan fingerprint density at radius 1 is 1.22 bits per heavy atom. The van der Waals surface area contributed by atoms with Gasteiger partial charge in [0.1, 0.15) is 5.69 Å². The minimum Gasteiger partial charge on any atom is -0.350 e. The molecule has 6 nitrogen and oxygen atoms in total. The lowest BCUT2D eigenvalue weighted by molar-refractivity contribution is -0.385. The highest BCUT2D eigenvalue weighted by atomic mass is 79.9. The third kappa shape index (κ3) is 3.09. The molecule has 2 N–H and O–H groups in total. The van der Waals surface area contributed by atoms with Crippen LogP contribution in [0.3, 0.4) is 0 Å². The van der Waals surface area contributed by atoms with Gasteiger partial charge in [-0.1, -0.05) is 28.1 Å². The van der Waals surface area contributed by atoms with E-state index in [1.807, 2.05) is 18.2 Å². The van der Waals surface area contributed by atoms with E-state index in [4.69, 9.17) is 0 Å². The van der Waals surface area contributed by atoms with Gasteiger partial charge in [-0.3, -0.25) is 14.9 Å². The van der Waals surface area contributed by atoms with Crippen LogP contribution < -0.4 is 5.32 Å². The fourth-order valence-electron chi connectivity index (χ4n) is 2.30. The number of halogens is 1. The van der Waals surface area contributed by atoms with Crippen LogP contribution in [0.25, 0.3) is 10.9 Å². The quantitative estimate of drug-likeness (QED) is 0.526. The summed E-state index contributed by atoms with van der Waals surface area (Å²) >= 11 is 3.38. The van der Waals surface area contributed by atoms with Crippen molar-refractivity contribution in [1.82, 2.24) is 4.98 Å². The average Bonchev–Trinajstić information content (AvgIpc) is 2.92. The number of hydrogen-bond donors (Lipinski definition) is 2. The zero-order valence-corrected chi connectivity index (χ0v) is 13.7. The number of H-pyrrole nitrogens is 1. The fraction of sp³-hybridized carbons (Fsp3) is 0.0625. The summed E-state index contributed by atoms with van der Waals surface area (Å²) in [4.78, 5) is 25.8. The molecule has 0 saturated carbocycles. The smallest absolute Gasteiger partial charge is 0.274 e. The normalized spacial score (nSPS) is 10.7. The highest BCUT2D eigenvalue weighted by Crippen LogP contribution is 2.24. The van der Waals surface area contributed by atoms with Crippen molar-refractivity contribution in [1.29, 1.82) is 0 Å². The number of nitrogens with zero attached hydrogens (tertiary/aromatic N) is 1. The van der Waals surface area contributed by atoms with E-state index in [2.05, 4.69) is 26.2 Å². The van der Waals surface area contributed by atoms with Gasteiger partial charge in [0.05, 0.1) is 4.92 Å². The molecule has 23 heavy (non-hydrogen) atoms. The summed E-state index contributed by atoms with van der Waals surface area (Å²) in [6.07, 6.45) is 0. The lowest BCUT2D eigenvalue weighted by atomic mass is 10.2. The first kappa shape index (κ1) is 15.2. The monoisotopic (exact) mass is 373 g/mol. The van der Waals surface area contributed by atoms with Gasteiger partial charge in [-0.05, 0) is 31.2 Å². The number of nitro benzene ring substituents is 1. The van der Waals surface area contributed by atoms with Crippen LogP contribution >= 0.6 is 15.9 Å². The molecule has 1 amide bonds. The van der Waals surface area contributed by atoms with Crippen LogP contribution in [0.4, 0.5) is 11.4 Å². The number of aromatic amines is 1. The van der Waals surface area contributed by atoms with Crippen molar-refractivity contribution in [2.24, 2.45) is 0 Å². The van der Waals surface area contributed by atoms with E-state index >= 15 is 0 Å². The van der Waals surface area contributed by atoms with Crippen molar-refractivity contribution >= 4 is 44.1 Å². The minimum atomic E-state index is -0.467. The van der Waals surface area contributed by atoms with Crippen molar-refractivity contribution in [2.45, 2.75) is 6.92 Å². The SMILES string of the molecule is Cc1ccc(NC(=O)c2cc3ccc(Br)cc3[nH]2)cc1[N+](=O)[O-]. The number of hydrogen-bond acceptors (Lipinski definition) is 3. The van der Waals surface area contributed by atoms with Gasteiger partial charge < -0.3 is 10.3 Å². The number of carbonyl (C=O) groups excluding carboxylic acids is 1. The fourth-order valence-corrected chi connectivity index (χ4v) is 2.66. The molecule has 0 aliphatic heterocycles. The second-order valence-electron chi connectivity index (χ2n) is 5.13. The number of nitro groups is 1. The van der Waals surface area contributed by atoms with Gasteiger partial charge in [-0.15, -0.1) is 0 Å². The topological polar surface area (TPSA) is 88.0 Å². The zero-order valence-electron chi connectivity index (χ0n) is 12.1. The Labute approximate surface area is 139 Å². The third-order valence-electron chi connectivity index (χ3n) is 3.49. The molecule has 0 spiro atoms. The van der Waals surface area contributed by atoms with Crippen molar-refractivity contribution < 1.29 is 9.72 Å². The standard InChI is InChI=1S/C16H12BrN3O3/c1-9-2-5-12(8-15(9)20(22)23)18-16(21)14-6-10-3-4-11(17)7-13(10)19-14/h2-8,19H,1H3,(H,18,21). The van der Waals surface area contributed by atoms with Gasteiger partial charge in [0.2, 0.25) is 0 Å². The number of aromatic nitrogens is 1. The maximum absolute atomic E-state index is 12.3. The summed E-state index contributed by atoms with van der Waals surface area (Å²) < 4.78 is 0.910. The molecule has 2 aromatic carbocycles. The second kappa shape index (κ2) is 5.85. The molecule has 0 aliphatic carbocycles. The molecule has 0 aliphatic rings. The number of fused-ring (bicyclic) bond motifs is 1. The molecule has 0 fully saturated rings. The summed E-state index contributed by atoms with van der Waals surface area (Å²) in [5.41, 5.74) is 2.12. The van der Waals surface area contributed by atoms with E-state index in [9.17, 15) is 14.9 Å². The molecule has 1 aromatic heterocycles. The highest BCUT2D eigenvalue weighted by molar-refractivity contribution is 9.10. The number of anilines is 1. The first-order valence-electron chi connectivity index (χ1n) is 6.79. The van der Waals surface area contributed by atoms with Gasteiger partial charge >= 0.3 is 0 Å². The van der Waals surface area contributed by atoms with Gasteiger partial charge in [-0.2, -0.15) is 0 Å². The number of carbonyl (C=O) groups is 1.